The van der Waals surface area contributed by atoms with Crippen LogP contribution in [0.4, 0.5) is 4.39 Å². The van der Waals surface area contributed by atoms with E-state index in [1.165, 1.54) is 18.3 Å². The number of pyridine rings is 1. The minimum Gasteiger partial charge on any atom is -0.507 e. The van der Waals surface area contributed by atoms with Crippen molar-refractivity contribution in [3.63, 3.8) is 0 Å². The Morgan fingerprint density at radius 3 is 2.62 bits per heavy atom. The van der Waals surface area contributed by atoms with E-state index >= 15 is 0 Å². The van der Waals surface area contributed by atoms with Gasteiger partial charge in [-0.2, -0.15) is 0 Å². The summed E-state index contributed by atoms with van der Waals surface area (Å²) in [7, 11) is 0. The van der Waals surface area contributed by atoms with Crippen molar-refractivity contribution in [1.29, 1.82) is 0 Å². The van der Waals surface area contributed by atoms with Crippen molar-refractivity contribution in [3.8, 4) is 5.75 Å². The van der Waals surface area contributed by atoms with E-state index in [-0.39, 0.29) is 5.75 Å². The maximum atomic E-state index is 12.7. The van der Waals surface area contributed by atoms with Crippen LogP contribution in [-0.4, -0.2) is 11.3 Å². The summed E-state index contributed by atoms with van der Waals surface area (Å²) in [6.45, 7) is 0. The van der Waals surface area contributed by atoms with E-state index in [0.717, 1.165) is 6.07 Å². The Labute approximate surface area is 92.1 Å². The molecule has 1 aromatic heterocycles. The van der Waals surface area contributed by atoms with Gasteiger partial charge >= 0.3 is 0 Å². The van der Waals surface area contributed by atoms with Gasteiger partial charge in [0.15, 0.2) is 0 Å². The van der Waals surface area contributed by atoms with Crippen LogP contribution in [0.3, 0.4) is 0 Å². The van der Waals surface area contributed by atoms with E-state index in [2.05, 4.69) is 5.10 Å². The number of nitrogens with zero attached hydrogens (tertiary/aromatic N) is 2. The molecule has 4 heteroatoms. The van der Waals surface area contributed by atoms with E-state index in [0.29, 0.717) is 5.56 Å². The zero-order chi connectivity index (χ0) is 11.4. The third-order valence-electron chi connectivity index (χ3n) is 2.02. The van der Waals surface area contributed by atoms with Crippen molar-refractivity contribution in [1.82, 2.24) is 0 Å². The van der Waals surface area contributed by atoms with Crippen LogP contribution < -0.4 is 4.68 Å². The molecule has 1 N–H and O–H groups in total. The Balaban J connectivity index is 2.24. The quantitative estimate of drug-likeness (QED) is 0.603. The van der Waals surface area contributed by atoms with Crippen molar-refractivity contribution in [2.75, 3.05) is 0 Å². The number of aromatic hydroxyl groups is 1. The highest BCUT2D eigenvalue weighted by molar-refractivity contribution is 5.82. The van der Waals surface area contributed by atoms with Gasteiger partial charge in [-0.1, -0.05) is 10.7 Å². The van der Waals surface area contributed by atoms with Crippen molar-refractivity contribution < 1.29 is 14.2 Å². The first kappa shape index (κ1) is 10.3. The maximum Gasteiger partial charge on any atom is 0.202 e. The van der Waals surface area contributed by atoms with Crippen molar-refractivity contribution >= 4 is 6.21 Å². The topological polar surface area (TPSA) is 36.5 Å². The van der Waals surface area contributed by atoms with Crippen molar-refractivity contribution in [2.45, 2.75) is 0 Å². The molecule has 0 unspecified atom stereocenters. The molecule has 0 bridgehead atoms. The highest BCUT2D eigenvalue weighted by Crippen LogP contribution is 2.15. The van der Waals surface area contributed by atoms with Gasteiger partial charge in [-0.25, -0.2) is 4.39 Å². The molecule has 1 aromatic carbocycles. The van der Waals surface area contributed by atoms with Gasteiger partial charge in [-0.15, -0.1) is 0 Å². The second-order valence-corrected chi connectivity index (χ2v) is 3.20. The van der Waals surface area contributed by atoms with Crippen LogP contribution in [-0.2, 0) is 0 Å². The molecule has 0 saturated heterocycles. The SMILES string of the molecule is Oc1cc(F)ccc1/C=N/[n+]1ccccc1. The Hall–Kier alpha value is -2.23. The highest BCUT2D eigenvalue weighted by Gasteiger charge is 2.01. The van der Waals surface area contributed by atoms with Crippen molar-refractivity contribution in [3.05, 3.63) is 60.2 Å². The number of halogens is 1. The average molecular weight is 217 g/mol. The molecule has 1 heterocycles. The van der Waals surface area contributed by atoms with Gasteiger partial charge in [0.25, 0.3) is 0 Å². The highest BCUT2D eigenvalue weighted by atomic mass is 19.1. The normalized spacial score (nSPS) is 10.8. The molecule has 0 atom stereocenters. The summed E-state index contributed by atoms with van der Waals surface area (Å²) in [6, 6.07) is 9.34. The first-order chi connectivity index (χ1) is 7.75. The summed E-state index contributed by atoms with van der Waals surface area (Å²) in [5.74, 6) is -0.595. The molecule has 0 aliphatic carbocycles. The third kappa shape index (κ3) is 2.42. The number of phenols is 1. The molecule has 16 heavy (non-hydrogen) atoms. The van der Waals surface area contributed by atoms with Crippen LogP contribution in [0.2, 0.25) is 0 Å². The molecule has 80 valence electrons. The predicted molar refractivity (Wildman–Crippen MR) is 57.7 cm³/mol. The minimum absolute atomic E-state index is 0.125. The molecule has 0 radical (unpaired) electrons. The second kappa shape index (κ2) is 4.53. The van der Waals surface area contributed by atoms with E-state index in [1.807, 2.05) is 18.2 Å². The molecule has 0 spiro atoms. The summed E-state index contributed by atoms with van der Waals surface area (Å²) >= 11 is 0. The molecule has 0 aliphatic rings. The smallest absolute Gasteiger partial charge is 0.202 e. The number of benzene rings is 1. The summed E-state index contributed by atoms with van der Waals surface area (Å²) in [5, 5.41) is 13.5. The summed E-state index contributed by atoms with van der Waals surface area (Å²) in [6.07, 6.45) is 4.99. The lowest BCUT2D eigenvalue weighted by Gasteiger charge is -1.95. The molecular formula is C12H10FN2O+. The molecule has 2 rings (SSSR count). The largest absolute Gasteiger partial charge is 0.507 e. The van der Waals surface area contributed by atoms with Crippen LogP contribution in [0.25, 0.3) is 0 Å². The fourth-order valence-corrected chi connectivity index (χ4v) is 1.22. The number of hydrogen-bond acceptors (Lipinski definition) is 2. The average Bonchev–Trinajstić information content (AvgIpc) is 2.29. The lowest BCUT2D eigenvalue weighted by Crippen LogP contribution is -2.25. The monoisotopic (exact) mass is 217 g/mol. The van der Waals surface area contributed by atoms with Gasteiger partial charge in [0.05, 0.1) is 0 Å². The Morgan fingerprint density at radius 1 is 1.19 bits per heavy atom. The van der Waals surface area contributed by atoms with Gasteiger partial charge in [0.2, 0.25) is 12.4 Å². The second-order valence-electron chi connectivity index (χ2n) is 3.20. The number of phenolic OH excluding ortho intramolecular Hbond substituents is 1. The van der Waals surface area contributed by atoms with Gasteiger partial charge in [0.1, 0.15) is 17.8 Å². The van der Waals surface area contributed by atoms with Crippen LogP contribution in [0.1, 0.15) is 5.56 Å². The van der Waals surface area contributed by atoms with E-state index < -0.39 is 5.82 Å². The summed E-state index contributed by atoms with van der Waals surface area (Å²) in [4.78, 5) is 0. The molecule has 2 aromatic rings. The lowest BCUT2D eigenvalue weighted by molar-refractivity contribution is -0.678. The van der Waals surface area contributed by atoms with Crippen LogP contribution in [0.5, 0.6) is 5.75 Å². The summed E-state index contributed by atoms with van der Waals surface area (Å²) < 4.78 is 14.3. The molecule has 3 nitrogen and oxygen atoms in total. The van der Waals surface area contributed by atoms with Gasteiger partial charge in [0, 0.05) is 23.8 Å². The van der Waals surface area contributed by atoms with E-state index in [1.54, 1.807) is 17.1 Å². The summed E-state index contributed by atoms with van der Waals surface area (Å²) in [5.41, 5.74) is 0.470. The fourth-order valence-electron chi connectivity index (χ4n) is 1.22. The van der Waals surface area contributed by atoms with Crippen LogP contribution in [0.15, 0.2) is 53.9 Å². The number of hydrogen-bond donors (Lipinski definition) is 1. The number of rotatable bonds is 2. The first-order valence-electron chi connectivity index (χ1n) is 4.75. The van der Waals surface area contributed by atoms with Gasteiger partial charge < -0.3 is 5.11 Å². The lowest BCUT2D eigenvalue weighted by atomic mass is 10.2. The zero-order valence-corrected chi connectivity index (χ0v) is 8.42. The molecule has 0 amide bonds. The van der Waals surface area contributed by atoms with Gasteiger partial charge in [-0.3, -0.25) is 0 Å². The fraction of sp³-hybridized carbons (Fsp3) is 0. The van der Waals surface area contributed by atoms with E-state index in [4.69, 9.17) is 0 Å². The van der Waals surface area contributed by atoms with Crippen molar-refractivity contribution in [2.24, 2.45) is 5.10 Å². The standard InChI is InChI=1S/C12H9FN2O/c13-11-5-4-10(12(16)8-11)9-14-15-6-2-1-3-7-15/h1-9H/p+1. The van der Waals surface area contributed by atoms with E-state index in [9.17, 15) is 9.50 Å². The maximum absolute atomic E-state index is 12.7. The van der Waals surface area contributed by atoms with Gasteiger partial charge in [-0.05, 0) is 17.2 Å². The Bertz CT molecular complexity index is 512. The van der Waals surface area contributed by atoms with Crippen LogP contribution in [0, 0.1) is 5.82 Å². The molecule has 0 saturated carbocycles. The number of aromatic nitrogens is 1. The molecule has 0 fully saturated rings. The molecular weight excluding hydrogens is 207 g/mol. The Morgan fingerprint density at radius 2 is 1.94 bits per heavy atom. The minimum atomic E-state index is -0.470. The Kier molecular flexibility index (Phi) is 2.91. The zero-order valence-electron chi connectivity index (χ0n) is 8.42. The predicted octanol–water partition coefficient (Wildman–Crippen LogP) is 1.70. The third-order valence-corrected chi connectivity index (χ3v) is 2.02. The molecule has 0 aliphatic heterocycles. The first-order valence-corrected chi connectivity index (χ1v) is 4.75. The van der Waals surface area contributed by atoms with Crippen LogP contribution >= 0.6 is 0 Å².